The molecule has 2 bridgehead atoms. The van der Waals surface area contributed by atoms with Crippen molar-refractivity contribution >= 4 is 21.9 Å². The van der Waals surface area contributed by atoms with E-state index in [9.17, 15) is 0 Å². The number of rotatable bonds is 3. The van der Waals surface area contributed by atoms with Gasteiger partial charge in [0.1, 0.15) is 0 Å². The molecule has 2 atom stereocenters. The smallest absolute Gasteiger partial charge is 0.225 e. The van der Waals surface area contributed by atoms with Crippen LogP contribution >= 0.6 is 15.9 Å². The number of hydrogen-bond donors (Lipinski definition) is 0. The number of piperazine rings is 1. The normalized spacial score (nSPS) is 23.7. The molecule has 0 amide bonds. The molecule has 0 saturated carbocycles. The zero-order valence-electron chi connectivity index (χ0n) is 13.5. The quantitative estimate of drug-likeness (QED) is 0.826. The minimum Gasteiger partial charge on any atom is -0.338 e. The van der Waals surface area contributed by atoms with Crippen LogP contribution in [-0.2, 0) is 6.54 Å². The molecule has 4 heterocycles. The van der Waals surface area contributed by atoms with Crippen molar-refractivity contribution in [1.29, 1.82) is 0 Å². The van der Waals surface area contributed by atoms with Crippen LogP contribution in [0, 0.1) is 13.8 Å². The molecule has 0 aliphatic carbocycles. The molecule has 5 heteroatoms. The van der Waals surface area contributed by atoms with E-state index in [-0.39, 0.29) is 0 Å². The topological polar surface area (TPSA) is 32.3 Å². The van der Waals surface area contributed by atoms with Crippen molar-refractivity contribution in [1.82, 2.24) is 14.9 Å². The van der Waals surface area contributed by atoms with Crippen molar-refractivity contribution in [3.8, 4) is 0 Å². The number of benzene rings is 1. The number of anilines is 1. The Morgan fingerprint density at radius 2 is 1.65 bits per heavy atom. The summed E-state index contributed by atoms with van der Waals surface area (Å²) in [6.45, 7) is 7.21. The van der Waals surface area contributed by atoms with Crippen LogP contribution in [0.15, 0.2) is 34.8 Å². The van der Waals surface area contributed by atoms with Crippen molar-refractivity contribution in [3.05, 3.63) is 51.8 Å². The predicted octanol–water partition coefficient (Wildman–Crippen LogP) is 3.32. The number of piperidine rings is 1. The summed E-state index contributed by atoms with van der Waals surface area (Å²) in [6.07, 6.45) is 1.30. The molecule has 0 N–H and O–H groups in total. The van der Waals surface area contributed by atoms with Crippen molar-refractivity contribution in [2.45, 2.75) is 38.9 Å². The number of aryl methyl sites for hydroxylation is 2. The van der Waals surface area contributed by atoms with Gasteiger partial charge in [-0.25, -0.2) is 9.97 Å². The van der Waals surface area contributed by atoms with Crippen molar-refractivity contribution < 1.29 is 0 Å². The second kappa shape index (κ2) is 5.87. The van der Waals surface area contributed by atoms with Gasteiger partial charge in [-0.2, -0.15) is 0 Å². The zero-order valence-corrected chi connectivity index (χ0v) is 15.1. The lowest BCUT2D eigenvalue weighted by atomic mass is 9.87. The fourth-order valence-electron chi connectivity index (χ4n) is 3.76. The first-order valence-corrected chi connectivity index (χ1v) is 8.95. The number of halogens is 1. The fraction of sp³-hybridized carbons (Fsp3) is 0.444. The Morgan fingerprint density at radius 3 is 2.26 bits per heavy atom. The van der Waals surface area contributed by atoms with Crippen molar-refractivity contribution in [2.75, 3.05) is 18.0 Å². The van der Waals surface area contributed by atoms with Crippen LogP contribution in [0.5, 0.6) is 0 Å². The Morgan fingerprint density at radius 1 is 1.04 bits per heavy atom. The maximum absolute atomic E-state index is 4.62. The molecule has 23 heavy (non-hydrogen) atoms. The molecule has 5 rings (SSSR count). The van der Waals surface area contributed by atoms with Crippen LogP contribution in [0.25, 0.3) is 0 Å². The Balaban J connectivity index is 1.44. The lowest BCUT2D eigenvalue weighted by Crippen LogP contribution is -2.68. The SMILES string of the molecule is Cc1cc(C)nc(N2CC3CC(C2)N3Cc2ccc(Br)cc2)n1. The van der Waals surface area contributed by atoms with Gasteiger partial charge in [-0.15, -0.1) is 0 Å². The van der Waals surface area contributed by atoms with Crippen LogP contribution in [0.4, 0.5) is 5.95 Å². The maximum atomic E-state index is 4.62. The standard InChI is InChI=1S/C18H21BrN4/c1-12-7-13(2)21-18(20-12)22-10-16-8-17(11-22)23(16)9-14-3-5-15(19)6-4-14/h3-7,16-17H,8-11H2,1-2H3. The van der Waals surface area contributed by atoms with E-state index in [0.29, 0.717) is 12.1 Å². The first-order valence-electron chi connectivity index (χ1n) is 8.16. The Hall–Kier alpha value is -1.46. The van der Waals surface area contributed by atoms with E-state index in [1.54, 1.807) is 0 Å². The second-order valence-electron chi connectivity index (χ2n) is 6.70. The van der Waals surface area contributed by atoms with Gasteiger partial charge in [-0.05, 0) is 44.0 Å². The van der Waals surface area contributed by atoms with E-state index in [0.717, 1.165) is 41.4 Å². The molecule has 3 aliphatic heterocycles. The molecule has 4 nitrogen and oxygen atoms in total. The van der Waals surface area contributed by atoms with E-state index < -0.39 is 0 Å². The van der Waals surface area contributed by atoms with Crippen molar-refractivity contribution in [3.63, 3.8) is 0 Å². The third kappa shape index (κ3) is 3.00. The minimum atomic E-state index is 0.627. The largest absolute Gasteiger partial charge is 0.338 e. The molecule has 2 unspecified atom stereocenters. The summed E-state index contributed by atoms with van der Waals surface area (Å²) in [5.74, 6) is 0.903. The summed E-state index contributed by atoms with van der Waals surface area (Å²) in [6, 6.07) is 12.0. The third-order valence-corrected chi connectivity index (χ3v) is 5.40. The second-order valence-corrected chi connectivity index (χ2v) is 7.61. The van der Waals surface area contributed by atoms with Crippen LogP contribution in [0.1, 0.15) is 23.4 Å². The predicted molar refractivity (Wildman–Crippen MR) is 95.6 cm³/mol. The number of nitrogens with zero attached hydrogens (tertiary/aromatic N) is 4. The van der Waals surface area contributed by atoms with Crippen LogP contribution in [0.2, 0.25) is 0 Å². The first-order chi connectivity index (χ1) is 11.1. The summed E-state index contributed by atoms with van der Waals surface area (Å²) in [7, 11) is 0. The summed E-state index contributed by atoms with van der Waals surface area (Å²) in [5.41, 5.74) is 3.50. The fourth-order valence-corrected chi connectivity index (χ4v) is 4.02. The number of fused-ring (bicyclic) bond motifs is 2. The zero-order chi connectivity index (χ0) is 16.0. The van der Waals surface area contributed by atoms with Gasteiger partial charge in [-0.3, -0.25) is 4.90 Å². The van der Waals surface area contributed by atoms with E-state index in [2.05, 4.69) is 60.0 Å². The van der Waals surface area contributed by atoms with Gasteiger partial charge in [0, 0.05) is 47.6 Å². The van der Waals surface area contributed by atoms with E-state index in [1.165, 1.54) is 12.0 Å². The Labute approximate surface area is 145 Å². The summed E-state index contributed by atoms with van der Waals surface area (Å²) in [5, 5.41) is 0. The Bertz CT molecular complexity index is 683. The molecular formula is C18H21BrN4. The lowest BCUT2D eigenvalue weighted by molar-refractivity contribution is -0.00897. The molecule has 0 radical (unpaired) electrons. The van der Waals surface area contributed by atoms with Gasteiger partial charge in [0.05, 0.1) is 0 Å². The van der Waals surface area contributed by atoms with Gasteiger partial charge in [-0.1, -0.05) is 28.1 Å². The highest BCUT2D eigenvalue weighted by Gasteiger charge is 2.44. The van der Waals surface area contributed by atoms with Gasteiger partial charge in [0.2, 0.25) is 5.95 Å². The van der Waals surface area contributed by atoms with Crippen LogP contribution in [-0.4, -0.2) is 40.0 Å². The van der Waals surface area contributed by atoms with E-state index >= 15 is 0 Å². The highest BCUT2D eigenvalue weighted by molar-refractivity contribution is 9.10. The molecule has 120 valence electrons. The van der Waals surface area contributed by atoms with Crippen molar-refractivity contribution in [2.24, 2.45) is 0 Å². The molecule has 3 saturated heterocycles. The van der Waals surface area contributed by atoms with E-state index in [4.69, 9.17) is 0 Å². The van der Waals surface area contributed by atoms with Gasteiger partial charge >= 0.3 is 0 Å². The van der Waals surface area contributed by atoms with E-state index in [1.807, 2.05) is 19.9 Å². The third-order valence-electron chi connectivity index (χ3n) is 4.88. The highest BCUT2D eigenvalue weighted by Crippen LogP contribution is 2.35. The molecule has 3 aliphatic rings. The molecule has 2 aromatic rings. The molecule has 1 aromatic carbocycles. The van der Waals surface area contributed by atoms with Crippen LogP contribution < -0.4 is 4.90 Å². The summed E-state index contributed by atoms with van der Waals surface area (Å²) >= 11 is 3.50. The highest BCUT2D eigenvalue weighted by atomic mass is 79.9. The van der Waals surface area contributed by atoms with Gasteiger partial charge in [0.25, 0.3) is 0 Å². The van der Waals surface area contributed by atoms with Gasteiger partial charge in [0.15, 0.2) is 0 Å². The monoisotopic (exact) mass is 372 g/mol. The summed E-state index contributed by atoms with van der Waals surface area (Å²) in [4.78, 5) is 14.2. The number of hydrogen-bond acceptors (Lipinski definition) is 4. The lowest BCUT2D eigenvalue weighted by Gasteiger charge is -2.56. The number of aromatic nitrogens is 2. The average Bonchev–Trinajstić information content (AvgIpc) is 2.53. The molecule has 3 fully saturated rings. The first kappa shape index (κ1) is 15.1. The average molecular weight is 373 g/mol. The molecule has 0 spiro atoms. The van der Waals surface area contributed by atoms with Gasteiger partial charge < -0.3 is 4.90 Å². The molecule has 1 aromatic heterocycles. The maximum Gasteiger partial charge on any atom is 0.225 e. The van der Waals surface area contributed by atoms with Crippen LogP contribution in [0.3, 0.4) is 0 Å². The summed E-state index contributed by atoms with van der Waals surface area (Å²) < 4.78 is 1.14. The molecular weight excluding hydrogens is 352 g/mol. The Kier molecular flexibility index (Phi) is 3.85. The minimum absolute atomic E-state index is 0.627.